The Kier molecular flexibility index (Phi) is 7.89. The Morgan fingerprint density at radius 1 is 1.09 bits per heavy atom. The molecule has 0 radical (unpaired) electrons. The molecule has 1 fully saturated rings. The van der Waals surface area contributed by atoms with E-state index in [9.17, 15) is 39.6 Å². The summed E-state index contributed by atoms with van der Waals surface area (Å²) in [4.78, 5) is 54.0. The fourth-order valence-electron chi connectivity index (χ4n) is 6.95. The van der Waals surface area contributed by atoms with E-state index in [2.05, 4.69) is 5.32 Å². The third-order valence-electron chi connectivity index (χ3n) is 9.11. The molecule has 0 unspecified atom stereocenters. The average molecular weight is 620 g/mol. The zero-order valence-electron chi connectivity index (χ0n) is 25.9. The molecule has 0 bridgehead atoms. The highest BCUT2D eigenvalue weighted by Crippen LogP contribution is 2.53. The highest BCUT2D eigenvalue weighted by Gasteiger charge is 2.64. The summed E-state index contributed by atoms with van der Waals surface area (Å²) in [5, 5.41) is 48.1. The summed E-state index contributed by atoms with van der Waals surface area (Å²) in [6.07, 6.45) is 0.119. The van der Waals surface area contributed by atoms with Gasteiger partial charge in [0.25, 0.3) is 11.8 Å². The second-order valence-electron chi connectivity index (χ2n) is 13.3. The summed E-state index contributed by atoms with van der Waals surface area (Å²) < 4.78 is 0.687. The predicted octanol–water partition coefficient (Wildman–Crippen LogP) is 1.07. The van der Waals surface area contributed by atoms with Crippen molar-refractivity contribution in [1.82, 2.24) is 10.2 Å². The van der Waals surface area contributed by atoms with Gasteiger partial charge < -0.3 is 36.0 Å². The largest absolute Gasteiger partial charge is 0.508 e. The van der Waals surface area contributed by atoms with Crippen molar-refractivity contribution in [3.63, 3.8) is 0 Å². The van der Waals surface area contributed by atoms with Crippen molar-refractivity contribution >= 4 is 29.1 Å². The molecule has 5 rings (SSSR count). The summed E-state index contributed by atoms with van der Waals surface area (Å²) >= 11 is 0. The van der Waals surface area contributed by atoms with Gasteiger partial charge in [-0.15, -0.1) is 0 Å². The van der Waals surface area contributed by atoms with Crippen molar-refractivity contribution < 1.29 is 44.1 Å². The molecule has 0 spiro atoms. The highest BCUT2D eigenvalue weighted by atomic mass is 16.3. The zero-order valence-corrected chi connectivity index (χ0v) is 25.9. The van der Waals surface area contributed by atoms with Crippen molar-refractivity contribution in [2.75, 3.05) is 48.3 Å². The molecule has 238 valence electrons. The van der Waals surface area contributed by atoms with Gasteiger partial charge in [0.05, 0.1) is 45.8 Å². The molecule has 45 heavy (non-hydrogen) atoms. The van der Waals surface area contributed by atoms with Gasteiger partial charge in [-0.2, -0.15) is 0 Å². The van der Waals surface area contributed by atoms with Crippen molar-refractivity contribution in [1.29, 1.82) is 0 Å². The maximum Gasteiger partial charge on any atom is 0.255 e. The minimum atomic E-state index is -2.70. The fraction of sp³-hybridized carbons (Fsp3) is 0.394. The number of Topliss-reactive ketones (excluding diaryl/α,β-unsaturated/α-hetero) is 2. The number of benzene rings is 2. The number of nitrogens with two attached hydrogens (primary N) is 1. The van der Waals surface area contributed by atoms with E-state index in [1.807, 2.05) is 21.1 Å². The first-order valence-corrected chi connectivity index (χ1v) is 14.7. The number of ketones is 2. The topological polar surface area (TPSA) is 190 Å². The van der Waals surface area contributed by atoms with E-state index < -0.39 is 58.0 Å². The number of likely N-dealkylation sites (N-methyl/N-ethyl adjacent to an activating group) is 2. The van der Waals surface area contributed by atoms with Crippen LogP contribution in [0.5, 0.6) is 5.75 Å². The van der Waals surface area contributed by atoms with Gasteiger partial charge in [0.1, 0.15) is 22.8 Å². The van der Waals surface area contributed by atoms with Crippen molar-refractivity contribution in [2.45, 2.75) is 24.5 Å². The first kappa shape index (κ1) is 31.9. The first-order chi connectivity index (χ1) is 21.0. The van der Waals surface area contributed by atoms with Crippen LogP contribution in [0.2, 0.25) is 0 Å². The molecule has 3 aliphatic rings. The monoisotopic (exact) mass is 619 g/mol. The number of quaternary nitrogens is 1. The Labute approximate surface area is 260 Å². The second-order valence-corrected chi connectivity index (χ2v) is 13.3. The number of aliphatic hydroxyl groups excluding tert-OH is 2. The van der Waals surface area contributed by atoms with E-state index in [1.165, 1.54) is 11.0 Å². The molecule has 0 aromatic heterocycles. The molecule has 2 amide bonds. The van der Waals surface area contributed by atoms with Crippen LogP contribution >= 0.6 is 0 Å². The molecule has 1 saturated carbocycles. The number of hydrogen-bond acceptors (Lipinski definition) is 9. The van der Waals surface area contributed by atoms with E-state index in [0.29, 0.717) is 33.3 Å². The summed E-state index contributed by atoms with van der Waals surface area (Å²) in [5.74, 6) is -7.31. The lowest BCUT2D eigenvalue weighted by molar-refractivity contribution is -0.869. The third kappa shape index (κ3) is 5.18. The van der Waals surface area contributed by atoms with Gasteiger partial charge in [0.15, 0.2) is 11.4 Å². The van der Waals surface area contributed by atoms with Gasteiger partial charge in [-0.25, -0.2) is 0 Å². The number of rotatable bonds is 7. The minimum absolute atomic E-state index is 0.0124. The standard InChI is InChI=1S/C33H38N4O8/c1-36(2)26-21-15-18-14-20-19(16-7-6-8-17(13-16)32(44)35-11-12-37(3,4)5)9-10-22(38)24(20)27(39)23(18)29(41)33(21,45)30(42)25(28(26)40)31(34)43/h6-10,13,18,21,26,45H,11-12,14-15H2,1-5H3,(H5-,34,35,38,39,40,41,42,43,44)/p+1/t18-,21-,26-,33-/m0/s1. The Hall–Kier alpha value is -4.52. The number of phenols is 1. The molecule has 0 aliphatic heterocycles. The lowest BCUT2D eigenvalue weighted by atomic mass is 9.57. The molecule has 7 N–H and O–H groups in total. The normalized spacial score (nSPS) is 24.7. The van der Waals surface area contributed by atoms with E-state index in [-0.39, 0.29) is 35.6 Å². The second kappa shape index (κ2) is 11.1. The maximum absolute atomic E-state index is 14.1. The molecular weight excluding hydrogens is 580 g/mol. The van der Waals surface area contributed by atoms with Gasteiger partial charge >= 0.3 is 0 Å². The van der Waals surface area contributed by atoms with Crippen LogP contribution in [0.4, 0.5) is 0 Å². The quantitative estimate of drug-likeness (QED) is 0.194. The molecule has 4 atom stereocenters. The van der Waals surface area contributed by atoms with Crippen LogP contribution in [0.25, 0.3) is 16.9 Å². The smallest absolute Gasteiger partial charge is 0.255 e. The number of aliphatic hydroxyl groups is 3. The first-order valence-electron chi connectivity index (χ1n) is 14.7. The molecule has 2 aromatic rings. The van der Waals surface area contributed by atoms with Crippen molar-refractivity contribution in [3.05, 3.63) is 70.0 Å². The third-order valence-corrected chi connectivity index (χ3v) is 9.11. The molecule has 3 aliphatic carbocycles. The number of hydrogen-bond donors (Lipinski definition) is 6. The number of nitrogens with zero attached hydrogens (tertiary/aromatic N) is 2. The Bertz CT molecular complexity index is 1700. The van der Waals surface area contributed by atoms with Crippen LogP contribution in [0, 0.1) is 11.8 Å². The van der Waals surface area contributed by atoms with E-state index >= 15 is 0 Å². The summed E-state index contributed by atoms with van der Waals surface area (Å²) in [7, 11) is 9.19. The number of carbonyl (C=O) groups excluding carboxylic acids is 4. The lowest BCUT2D eigenvalue weighted by Gasteiger charge is -2.50. The summed E-state index contributed by atoms with van der Waals surface area (Å²) in [6, 6.07) is 8.81. The van der Waals surface area contributed by atoms with Crippen LogP contribution in [0.1, 0.15) is 27.9 Å². The van der Waals surface area contributed by atoms with Crippen LogP contribution in [-0.4, -0.2) is 113 Å². The number of amides is 2. The molecule has 12 nitrogen and oxygen atoms in total. The van der Waals surface area contributed by atoms with Crippen LogP contribution in [0.15, 0.2) is 53.3 Å². The van der Waals surface area contributed by atoms with Gasteiger partial charge in [-0.3, -0.25) is 24.1 Å². The molecule has 12 heteroatoms. The summed E-state index contributed by atoms with van der Waals surface area (Å²) in [6.45, 7) is 1.21. The molecular formula is C33H39N4O8+. The van der Waals surface area contributed by atoms with Crippen LogP contribution < -0.4 is 11.1 Å². The molecule has 0 heterocycles. The minimum Gasteiger partial charge on any atom is -0.508 e. The van der Waals surface area contributed by atoms with Gasteiger partial charge in [-0.05, 0) is 67.7 Å². The Morgan fingerprint density at radius 3 is 2.40 bits per heavy atom. The average Bonchev–Trinajstić information content (AvgIpc) is 2.94. The lowest BCUT2D eigenvalue weighted by Crippen LogP contribution is -2.65. The van der Waals surface area contributed by atoms with Gasteiger partial charge in [-0.1, -0.05) is 18.2 Å². The maximum atomic E-state index is 14.1. The molecule has 0 saturated heterocycles. The Morgan fingerprint density at radius 2 is 1.78 bits per heavy atom. The van der Waals surface area contributed by atoms with E-state index in [1.54, 1.807) is 44.4 Å². The van der Waals surface area contributed by atoms with Crippen molar-refractivity contribution in [3.8, 4) is 16.9 Å². The van der Waals surface area contributed by atoms with E-state index in [4.69, 9.17) is 5.73 Å². The molecule has 2 aromatic carbocycles. The number of primary amides is 1. The van der Waals surface area contributed by atoms with Crippen LogP contribution in [0.3, 0.4) is 0 Å². The SMILES string of the molecule is CN(C)[C@@H]1C(=O)C(C(N)=O)=C(O)[C@@]2(O)C(=O)C3=C(O)c4c(O)ccc(-c5cccc(C(=O)NCC[N+](C)(C)C)c5)c4C[C@H]3C[C@@H]12. The summed E-state index contributed by atoms with van der Waals surface area (Å²) in [5.41, 5.74) is 3.79. The number of nitrogens with one attached hydrogen (secondary N) is 1. The van der Waals surface area contributed by atoms with Crippen LogP contribution in [-0.2, 0) is 20.8 Å². The predicted molar refractivity (Wildman–Crippen MR) is 165 cm³/mol. The number of phenolic OH excluding ortho intramolecular Hbond substituents is 1. The number of carbonyl (C=O) groups is 4. The van der Waals surface area contributed by atoms with E-state index in [0.717, 1.165) is 6.54 Å². The van der Waals surface area contributed by atoms with Gasteiger partial charge in [0, 0.05) is 17.1 Å². The highest BCUT2D eigenvalue weighted by molar-refractivity contribution is 6.24. The number of aromatic hydroxyl groups is 1. The fourth-order valence-corrected chi connectivity index (χ4v) is 6.95. The number of fused-ring (bicyclic) bond motifs is 3. The van der Waals surface area contributed by atoms with Gasteiger partial charge in [0.2, 0.25) is 5.78 Å². The zero-order chi connectivity index (χ0) is 33.2. The Balaban J connectivity index is 1.60. The van der Waals surface area contributed by atoms with Crippen molar-refractivity contribution in [2.24, 2.45) is 17.6 Å².